The molecule has 0 aromatic heterocycles. The van der Waals surface area contributed by atoms with Crippen LogP contribution in [0.3, 0.4) is 0 Å². The molecule has 0 bridgehead atoms. The summed E-state index contributed by atoms with van der Waals surface area (Å²) in [6.07, 6.45) is -0.561. The van der Waals surface area contributed by atoms with E-state index in [9.17, 15) is 13.5 Å². The summed E-state index contributed by atoms with van der Waals surface area (Å²) >= 11 is 0. The lowest BCUT2D eigenvalue weighted by molar-refractivity contribution is -0.00461. The van der Waals surface area contributed by atoms with Gasteiger partial charge in [-0.3, -0.25) is 0 Å². The predicted molar refractivity (Wildman–Crippen MR) is 68.5 cm³/mol. The molecule has 19 heavy (non-hydrogen) atoms. The van der Waals surface area contributed by atoms with Crippen molar-refractivity contribution in [3.8, 4) is 5.75 Å². The monoisotopic (exact) mass is 287 g/mol. The van der Waals surface area contributed by atoms with Crippen molar-refractivity contribution in [2.45, 2.75) is 17.1 Å². The van der Waals surface area contributed by atoms with Gasteiger partial charge in [-0.15, -0.1) is 0 Å². The van der Waals surface area contributed by atoms with Crippen molar-refractivity contribution in [3.63, 3.8) is 0 Å². The molecule has 1 fully saturated rings. The second-order valence-electron chi connectivity index (χ2n) is 4.37. The number of hydrogen-bond acceptors (Lipinski definition) is 5. The second-order valence-corrected chi connectivity index (χ2v) is 6.31. The maximum absolute atomic E-state index is 12.4. The van der Waals surface area contributed by atoms with Crippen LogP contribution in [0, 0.1) is 0 Å². The lowest BCUT2D eigenvalue weighted by Crippen LogP contribution is -2.30. The van der Waals surface area contributed by atoms with Gasteiger partial charge in [0.2, 0.25) is 10.0 Å². The van der Waals surface area contributed by atoms with E-state index in [0.717, 1.165) is 0 Å². The van der Waals surface area contributed by atoms with E-state index in [2.05, 4.69) is 0 Å². The Hall–Kier alpha value is -1.15. The number of benzene rings is 1. The molecule has 1 aromatic rings. The summed E-state index contributed by atoms with van der Waals surface area (Å²) in [5.74, 6) is -0.0770. The Kier molecular flexibility index (Phi) is 4.10. The van der Waals surface area contributed by atoms with Crippen LogP contribution in [0.4, 0.5) is 0 Å². The molecule has 0 spiro atoms. The fourth-order valence-electron chi connectivity index (χ4n) is 2.15. The number of phenols is 1. The van der Waals surface area contributed by atoms with Gasteiger partial charge in [0.05, 0.1) is 17.1 Å². The zero-order valence-electron chi connectivity index (χ0n) is 10.8. The van der Waals surface area contributed by atoms with Gasteiger partial charge in [0.1, 0.15) is 5.75 Å². The molecule has 0 saturated carbocycles. The summed E-state index contributed by atoms with van der Waals surface area (Å²) in [5.41, 5.74) is 0. The molecule has 1 N–H and O–H groups in total. The van der Waals surface area contributed by atoms with Gasteiger partial charge in [-0.1, -0.05) is 6.07 Å². The van der Waals surface area contributed by atoms with Crippen molar-refractivity contribution in [1.29, 1.82) is 0 Å². The third kappa shape index (κ3) is 2.74. The number of rotatable bonds is 4. The first-order chi connectivity index (χ1) is 8.98. The van der Waals surface area contributed by atoms with Gasteiger partial charge >= 0.3 is 0 Å². The number of sulfonamides is 1. The van der Waals surface area contributed by atoms with E-state index >= 15 is 0 Å². The van der Waals surface area contributed by atoms with E-state index in [-0.39, 0.29) is 35.9 Å². The first-order valence-electron chi connectivity index (χ1n) is 5.84. The van der Waals surface area contributed by atoms with E-state index in [1.807, 2.05) is 0 Å². The van der Waals surface area contributed by atoms with Crippen LogP contribution in [-0.2, 0) is 19.5 Å². The zero-order chi connectivity index (χ0) is 14.0. The fourth-order valence-corrected chi connectivity index (χ4v) is 3.66. The molecule has 2 rings (SSSR count). The quantitative estimate of drug-likeness (QED) is 0.869. The van der Waals surface area contributed by atoms with Gasteiger partial charge < -0.3 is 14.6 Å². The number of methoxy groups -OCH3 is 2. The molecular formula is C12H17NO5S. The molecule has 106 valence electrons. The van der Waals surface area contributed by atoms with Crippen molar-refractivity contribution >= 4 is 10.0 Å². The molecule has 1 heterocycles. The average Bonchev–Trinajstić information content (AvgIpc) is 2.82. The Bertz CT molecular complexity index is 533. The summed E-state index contributed by atoms with van der Waals surface area (Å²) in [6, 6.07) is 5.62. The van der Waals surface area contributed by atoms with Gasteiger partial charge in [0.15, 0.2) is 0 Å². The molecule has 1 aliphatic rings. The number of ether oxygens (including phenoxy) is 2. The minimum atomic E-state index is -3.63. The Labute approximate surface area is 112 Å². The molecule has 1 saturated heterocycles. The van der Waals surface area contributed by atoms with E-state index < -0.39 is 10.0 Å². The molecule has 0 aliphatic carbocycles. The minimum absolute atomic E-state index is 0.0686. The van der Waals surface area contributed by atoms with E-state index in [1.54, 1.807) is 0 Å². The Morgan fingerprint density at radius 3 is 2.26 bits per heavy atom. The van der Waals surface area contributed by atoms with Gasteiger partial charge in [0.25, 0.3) is 0 Å². The second kappa shape index (κ2) is 5.46. The van der Waals surface area contributed by atoms with Crippen LogP contribution in [0.25, 0.3) is 0 Å². The van der Waals surface area contributed by atoms with Crippen LogP contribution in [0.1, 0.15) is 0 Å². The predicted octanol–water partition coefficient (Wildman–Crippen LogP) is 0.426. The maximum Gasteiger partial charge on any atom is 0.243 e. The largest absolute Gasteiger partial charge is 0.508 e. The summed E-state index contributed by atoms with van der Waals surface area (Å²) in [7, 11) is -0.576. The highest BCUT2D eigenvalue weighted by atomic mass is 32.2. The normalized spacial score (nSPS) is 24.7. The molecule has 2 unspecified atom stereocenters. The Morgan fingerprint density at radius 2 is 1.79 bits per heavy atom. The van der Waals surface area contributed by atoms with Gasteiger partial charge in [-0.25, -0.2) is 8.42 Å². The third-order valence-corrected chi connectivity index (χ3v) is 5.07. The SMILES string of the molecule is COC1CN(S(=O)(=O)c2cccc(O)c2)CC1OC. The first kappa shape index (κ1) is 14.3. The van der Waals surface area contributed by atoms with E-state index in [0.29, 0.717) is 0 Å². The lowest BCUT2D eigenvalue weighted by atomic mass is 10.3. The molecule has 0 amide bonds. The number of phenolic OH excluding ortho intramolecular Hbond substituents is 1. The smallest absolute Gasteiger partial charge is 0.243 e. The zero-order valence-corrected chi connectivity index (χ0v) is 11.6. The minimum Gasteiger partial charge on any atom is -0.508 e. The summed E-state index contributed by atoms with van der Waals surface area (Å²) in [6.45, 7) is 0.486. The summed E-state index contributed by atoms with van der Waals surface area (Å²) < 4.78 is 36.6. The van der Waals surface area contributed by atoms with Crippen LogP contribution in [0.2, 0.25) is 0 Å². The Balaban J connectivity index is 2.27. The topological polar surface area (TPSA) is 76.1 Å². The van der Waals surface area contributed by atoms with Crippen molar-refractivity contribution in [1.82, 2.24) is 4.31 Å². The Morgan fingerprint density at radius 1 is 1.21 bits per heavy atom. The van der Waals surface area contributed by atoms with Crippen molar-refractivity contribution in [2.24, 2.45) is 0 Å². The van der Waals surface area contributed by atoms with Crippen LogP contribution in [0.5, 0.6) is 5.75 Å². The number of hydrogen-bond donors (Lipinski definition) is 1. The average molecular weight is 287 g/mol. The van der Waals surface area contributed by atoms with Crippen LogP contribution >= 0.6 is 0 Å². The molecule has 6 nitrogen and oxygen atoms in total. The van der Waals surface area contributed by atoms with Crippen molar-refractivity contribution in [2.75, 3.05) is 27.3 Å². The highest BCUT2D eigenvalue weighted by Crippen LogP contribution is 2.25. The lowest BCUT2D eigenvalue weighted by Gasteiger charge is -2.15. The van der Waals surface area contributed by atoms with Gasteiger partial charge in [-0.05, 0) is 18.2 Å². The molecule has 2 atom stereocenters. The fraction of sp³-hybridized carbons (Fsp3) is 0.500. The van der Waals surface area contributed by atoms with Crippen LogP contribution in [-0.4, -0.2) is 57.3 Å². The molecule has 1 aromatic carbocycles. The first-order valence-corrected chi connectivity index (χ1v) is 7.28. The third-order valence-electron chi connectivity index (χ3n) is 3.24. The molecular weight excluding hydrogens is 270 g/mol. The van der Waals surface area contributed by atoms with Crippen LogP contribution in [0.15, 0.2) is 29.2 Å². The highest BCUT2D eigenvalue weighted by Gasteiger charge is 2.39. The van der Waals surface area contributed by atoms with E-state index in [4.69, 9.17) is 9.47 Å². The molecule has 0 radical (unpaired) electrons. The molecule has 1 aliphatic heterocycles. The summed E-state index contributed by atoms with van der Waals surface area (Å²) in [5, 5.41) is 9.38. The number of nitrogens with zero attached hydrogens (tertiary/aromatic N) is 1. The van der Waals surface area contributed by atoms with Crippen molar-refractivity contribution in [3.05, 3.63) is 24.3 Å². The molecule has 7 heteroatoms. The van der Waals surface area contributed by atoms with Gasteiger partial charge in [0, 0.05) is 27.3 Å². The highest BCUT2D eigenvalue weighted by molar-refractivity contribution is 7.89. The standard InChI is InChI=1S/C12H17NO5S/c1-17-11-7-13(8-12(11)18-2)19(15,16)10-5-3-4-9(14)6-10/h3-6,11-12,14H,7-8H2,1-2H3. The summed E-state index contributed by atoms with van der Waals surface area (Å²) in [4.78, 5) is 0.0686. The van der Waals surface area contributed by atoms with Crippen LogP contribution < -0.4 is 0 Å². The van der Waals surface area contributed by atoms with Gasteiger partial charge in [-0.2, -0.15) is 4.31 Å². The maximum atomic E-state index is 12.4. The number of aromatic hydroxyl groups is 1. The van der Waals surface area contributed by atoms with Crippen molar-refractivity contribution < 1.29 is 23.0 Å². The van der Waals surface area contributed by atoms with E-state index in [1.165, 1.54) is 42.8 Å².